The van der Waals surface area contributed by atoms with Gasteiger partial charge in [-0.15, -0.1) is 0 Å². The van der Waals surface area contributed by atoms with Crippen molar-refractivity contribution in [3.8, 4) is 5.69 Å². The van der Waals surface area contributed by atoms with E-state index in [-0.39, 0.29) is 10.6 Å². The Morgan fingerprint density at radius 3 is 2.74 bits per heavy atom. The molecule has 0 aliphatic carbocycles. The Morgan fingerprint density at radius 2 is 2.00 bits per heavy atom. The van der Waals surface area contributed by atoms with Gasteiger partial charge in [-0.25, -0.2) is 9.07 Å². The summed E-state index contributed by atoms with van der Waals surface area (Å²) in [6.07, 6.45) is 0. The van der Waals surface area contributed by atoms with Crippen LogP contribution in [0.1, 0.15) is 27.2 Å². The highest BCUT2D eigenvalue weighted by atomic mass is 35.5. The lowest BCUT2D eigenvalue weighted by Gasteiger charge is -2.13. The van der Waals surface area contributed by atoms with E-state index in [2.05, 4.69) is 10.4 Å². The largest absolute Gasteiger partial charge is 0.306 e. The Kier molecular flexibility index (Phi) is 4.57. The third-order valence-corrected chi connectivity index (χ3v) is 5.96. The van der Waals surface area contributed by atoms with E-state index in [0.717, 1.165) is 11.3 Å². The summed E-state index contributed by atoms with van der Waals surface area (Å²) in [5.41, 5.74) is 2.89. The standard InChI is InChI=1S/C19H15ClFN3O2S/c1-11-5-2-3-8-16(11)24-18(12-9-27(26)10-15(12)23-24)22-19(25)17-13(20)6-4-7-14(17)21/h2-8H,9-10H2,1H3,(H,22,25). The zero-order valence-electron chi connectivity index (χ0n) is 14.3. The first-order valence-electron chi connectivity index (χ1n) is 8.23. The first-order chi connectivity index (χ1) is 13.0. The lowest BCUT2D eigenvalue weighted by Crippen LogP contribution is -2.18. The summed E-state index contributed by atoms with van der Waals surface area (Å²) in [4.78, 5) is 12.8. The van der Waals surface area contributed by atoms with Gasteiger partial charge in [-0.2, -0.15) is 5.10 Å². The lowest BCUT2D eigenvalue weighted by atomic mass is 10.2. The number of para-hydroxylation sites is 1. The van der Waals surface area contributed by atoms with Crippen LogP contribution in [0.25, 0.3) is 5.69 Å². The van der Waals surface area contributed by atoms with E-state index in [4.69, 9.17) is 11.6 Å². The van der Waals surface area contributed by atoms with Gasteiger partial charge < -0.3 is 5.32 Å². The predicted molar refractivity (Wildman–Crippen MR) is 103 cm³/mol. The van der Waals surface area contributed by atoms with Gasteiger partial charge in [-0.05, 0) is 30.7 Å². The van der Waals surface area contributed by atoms with Crippen LogP contribution >= 0.6 is 11.6 Å². The Labute approximate surface area is 162 Å². The van der Waals surface area contributed by atoms with Crippen molar-refractivity contribution in [1.29, 1.82) is 0 Å². The van der Waals surface area contributed by atoms with Crippen molar-refractivity contribution in [1.82, 2.24) is 9.78 Å². The number of halogens is 2. The molecule has 1 N–H and O–H groups in total. The molecule has 0 radical (unpaired) electrons. The number of nitrogens with zero attached hydrogens (tertiary/aromatic N) is 2. The van der Waals surface area contributed by atoms with Crippen molar-refractivity contribution in [2.24, 2.45) is 0 Å². The highest BCUT2D eigenvalue weighted by molar-refractivity contribution is 7.83. The van der Waals surface area contributed by atoms with Gasteiger partial charge in [0, 0.05) is 16.4 Å². The average Bonchev–Trinajstić information content (AvgIpc) is 3.12. The summed E-state index contributed by atoms with van der Waals surface area (Å²) < 4.78 is 27.7. The van der Waals surface area contributed by atoms with Crippen LogP contribution in [0, 0.1) is 12.7 Å². The first-order valence-corrected chi connectivity index (χ1v) is 10.1. The molecule has 4 rings (SSSR count). The highest BCUT2D eigenvalue weighted by Crippen LogP contribution is 2.33. The van der Waals surface area contributed by atoms with Gasteiger partial charge in [0.2, 0.25) is 0 Å². The minimum Gasteiger partial charge on any atom is -0.306 e. The topological polar surface area (TPSA) is 64.0 Å². The summed E-state index contributed by atoms with van der Waals surface area (Å²) in [6.45, 7) is 1.93. The number of benzene rings is 2. The normalized spacial score (nSPS) is 15.6. The average molecular weight is 404 g/mol. The van der Waals surface area contributed by atoms with Crippen LogP contribution in [0.2, 0.25) is 5.02 Å². The molecule has 1 aliphatic heterocycles. The molecule has 1 atom stereocenters. The number of hydrogen-bond acceptors (Lipinski definition) is 3. The molecule has 1 aromatic heterocycles. The number of hydrogen-bond donors (Lipinski definition) is 1. The van der Waals surface area contributed by atoms with Gasteiger partial charge in [0.15, 0.2) is 0 Å². The fourth-order valence-electron chi connectivity index (χ4n) is 3.12. The number of carbonyl (C=O) groups is 1. The molecule has 5 nitrogen and oxygen atoms in total. The second-order valence-electron chi connectivity index (χ2n) is 6.25. The van der Waals surface area contributed by atoms with Crippen LogP contribution in [0.4, 0.5) is 10.2 Å². The molecule has 1 amide bonds. The van der Waals surface area contributed by atoms with Gasteiger partial charge in [0.05, 0.1) is 33.5 Å². The number of rotatable bonds is 3. The quantitative estimate of drug-likeness (QED) is 0.719. The molecule has 3 aromatic rings. The van der Waals surface area contributed by atoms with Crippen molar-refractivity contribution < 1.29 is 13.4 Å². The number of anilines is 1. The zero-order chi connectivity index (χ0) is 19.1. The van der Waals surface area contributed by atoms with Gasteiger partial charge in [-0.1, -0.05) is 35.9 Å². The smallest absolute Gasteiger partial charge is 0.261 e. The molecule has 2 heterocycles. The van der Waals surface area contributed by atoms with Crippen molar-refractivity contribution in [2.45, 2.75) is 18.4 Å². The van der Waals surface area contributed by atoms with E-state index in [0.29, 0.717) is 28.6 Å². The summed E-state index contributed by atoms with van der Waals surface area (Å²) in [7, 11) is -1.06. The van der Waals surface area contributed by atoms with E-state index in [1.807, 2.05) is 31.2 Å². The third-order valence-electron chi connectivity index (χ3n) is 4.44. The Morgan fingerprint density at radius 1 is 1.22 bits per heavy atom. The molecule has 2 aromatic carbocycles. The van der Waals surface area contributed by atoms with Crippen LogP contribution in [0.5, 0.6) is 0 Å². The second-order valence-corrected chi connectivity index (χ2v) is 8.12. The predicted octanol–water partition coefficient (Wildman–Crippen LogP) is 3.99. The first kappa shape index (κ1) is 17.9. The Hall–Kier alpha value is -2.51. The van der Waals surface area contributed by atoms with Crippen LogP contribution < -0.4 is 5.32 Å². The summed E-state index contributed by atoms with van der Waals surface area (Å²) in [5.74, 6) is -0.357. The third kappa shape index (κ3) is 3.17. The molecule has 0 saturated heterocycles. The maximum atomic E-state index is 14.1. The van der Waals surface area contributed by atoms with E-state index in [9.17, 15) is 13.4 Å². The van der Waals surface area contributed by atoms with Crippen molar-refractivity contribution in [2.75, 3.05) is 5.32 Å². The van der Waals surface area contributed by atoms with E-state index in [1.165, 1.54) is 18.2 Å². The maximum Gasteiger partial charge on any atom is 0.261 e. The van der Waals surface area contributed by atoms with Crippen molar-refractivity contribution in [3.05, 3.63) is 75.7 Å². The number of aromatic nitrogens is 2. The number of carbonyl (C=O) groups excluding carboxylic acids is 1. The molecule has 0 bridgehead atoms. The molecule has 0 saturated carbocycles. The molecule has 27 heavy (non-hydrogen) atoms. The Bertz CT molecular complexity index is 1080. The molecule has 138 valence electrons. The lowest BCUT2D eigenvalue weighted by molar-refractivity contribution is 0.102. The van der Waals surface area contributed by atoms with E-state index < -0.39 is 22.5 Å². The molecule has 0 fully saturated rings. The molecule has 1 unspecified atom stereocenters. The molecule has 1 aliphatic rings. The molecule has 8 heteroatoms. The van der Waals surface area contributed by atoms with Gasteiger partial charge in [0.1, 0.15) is 11.6 Å². The molecule has 0 spiro atoms. The summed E-state index contributed by atoms with van der Waals surface area (Å²) >= 11 is 6.02. The van der Waals surface area contributed by atoms with Crippen LogP contribution in [-0.2, 0) is 22.3 Å². The SMILES string of the molecule is Cc1ccccc1-n1nc2c(c1NC(=O)c1c(F)cccc1Cl)CS(=O)C2. The van der Waals surface area contributed by atoms with Crippen LogP contribution in [0.3, 0.4) is 0 Å². The monoisotopic (exact) mass is 403 g/mol. The maximum absolute atomic E-state index is 14.1. The molecular formula is C19H15ClFN3O2S. The summed E-state index contributed by atoms with van der Waals surface area (Å²) in [6, 6.07) is 11.7. The van der Waals surface area contributed by atoms with Gasteiger partial charge in [0.25, 0.3) is 5.91 Å². The van der Waals surface area contributed by atoms with Crippen molar-refractivity contribution in [3.63, 3.8) is 0 Å². The minimum atomic E-state index is -1.06. The fourth-order valence-corrected chi connectivity index (χ4v) is 4.63. The second kappa shape index (κ2) is 6.90. The van der Waals surface area contributed by atoms with E-state index >= 15 is 0 Å². The van der Waals surface area contributed by atoms with Gasteiger partial charge in [-0.3, -0.25) is 9.00 Å². The fraction of sp³-hybridized carbons (Fsp3) is 0.158. The zero-order valence-corrected chi connectivity index (χ0v) is 15.9. The minimum absolute atomic E-state index is 0.0229. The van der Waals surface area contributed by atoms with Crippen LogP contribution in [0.15, 0.2) is 42.5 Å². The number of fused-ring (bicyclic) bond motifs is 1. The highest BCUT2D eigenvalue weighted by Gasteiger charge is 2.29. The number of nitrogens with one attached hydrogen (secondary N) is 1. The van der Waals surface area contributed by atoms with Crippen LogP contribution in [-0.4, -0.2) is 19.9 Å². The molecular weight excluding hydrogens is 389 g/mol. The Balaban J connectivity index is 1.82. The number of amides is 1. The van der Waals surface area contributed by atoms with E-state index in [1.54, 1.807) is 4.68 Å². The van der Waals surface area contributed by atoms with Crippen molar-refractivity contribution >= 4 is 34.1 Å². The van der Waals surface area contributed by atoms with Gasteiger partial charge >= 0.3 is 0 Å². The number of aryl methyl sites for hydroxylation is 1. The summed E-state index contributed by atoms with van der Waals surface area (Å²) in [5, 5.41) is 7.31.